The van der Waals surface area contributed by atoms with E-state index >= 15 is 0 Å². The van der Waals surface area contributed by atoms with Gasteiger partial charge in [0.1, 0.15) is 0 Å². The standard InChI is InChI=1S/C12H17NO2S/c1-9-4-5-11(10(8-9)12(14)15)13-6-3-7-16-2/h4-5,8,13H,3,6-7H2,1-2H3,(H,14,15). The second-order valence-corrected chi connectivity index (χ2v) is 4.61. The maximum absolute atomic E-state index is 11.0. The van der Waals surface area contributed by atoms with Crippen molar-refractivity contribution in [2.75, 3.05) is 23.9 Å². The third-order valence-corrected chi connectivity index (χ3v) is 2.94. The average molecular weight is 239 g/mol. The van der Waals surface area contributed by atoms with E-state index in [-0.39, 0.29) is 0 Å². The first-order valence-corrected chi connectivity index (χ1v) is 6.61. The van der Waals surface area contributed by atoms with E-state index in [4.69, 9.17) is 5.11 Å². The van der Waals surface area contributed by atoms with Crippen LogP contribution in [-0.2, 0) is 0 Å². The van der Waals surface area contributed by atoms with E-state index in [0.29, 0.717) is 11.3 Å². The number of thioether (sulfide) groups is 1. The van der Waals surface area contributed by atoms with Crippen LogP contribution in [0.2, 0.25) is 0 Å². The number of carboxylic acid groups (broad SMARTS) is 1. The second kappa shape index (κ2) is 6.43. The number of rotatable bonds is 6. The molecule has 0 aliphatic rings. The van der Waals surface area contributed by atoms with E-state index in [2.05, 4.69) is 11.6 Å². The van der Waals surface area contributed by atoms with Crippen LogP contribution in [-0.4, -0.2) is 29.6 Å². The third kappa shape index (κ3) is 3.77. The van der Waals surface area contributed by atoms with Gasteiger partial charge in [0.05, 0.1) is 5.56 Å². The van der Waals surface area contributed by atoms with Crippen molar-refractivity contribution in [2.45, 2.75) is 13.3 Å². The lowest BCUT2D eigenvalue weighted by atomic mass is 10.1. The van der Waals surface area contributed by atoms with Gasteiger partial charge in [0, 0.05) is 12.2 Å². The fourth-order valence-corrected chi connectivity index (χ4v) is 1.86. The fraction of sp³-hybridized carbons (Fsp3) is 0.417. The van der Waals surface area contributed by atoms with Gasteiger partial charge in [-0.15, -0.1) is 0 Å². The van der Waals surface area contributed by atoms with Gasteiger partial charge in [-0.05, 0) is 37.5 Å². The molecule has 0 fully saturated rings. The molecule has 0 amide bonds. The Morgan fingerprint density at radius 2 is 2.25 bits per heavy atom. The highest BCUT2D eigenvalue weighted by Crippen LogP contribution is 2.17. The van der Waals surface area contributed by atoms with Gasteiger partial charge in [0.2, 0.25) is 0 Å². The number of hydrogen-bond acceptors (Lipinski definition) is 3. The summed E-state index contributed by atoms with van der Waals surface area (Å²) in [5.41, 5.74) is 2.02. The number of nitrogens with one attached hydrogen (secondary N) is 1. The number of carbonyl (C=O) groups is 1. The molecule has 0 aliphatic heterocycles. The van der Waals surface area contributed by atoms with Crippen LogP contribution in [0.25, 0.3) is 0 Å². The van der Waals surface area contributed by atoms with Crippen molar-refractivity contribution in [2.24, 2.45) is 0 Å². The Kier molecular flexibility index (Phi) is 5.19. The molecule has 0 bridgehead atoms. The Morgan fingerprint density at radius 1 is 1.50 bits per heavy atom. The zero-order valence-corrected chi connectivity index (χ0v) is 10.4. The molecule has 16 heavy (non-hydrogen) atoms. The second-order valence-electron chi connectivity index (χ2n) is 3.63. The van der Waals surface area contributed by atoms with Gasteiger partial charge in [0.25, 0.3) is 0 Å². The molecular formula is C12H17NO2S. The minimum atomic E-state index is -0.879. The summed E-state index contributed by atoms with van der Waals surface area (Å²) in [4.78, 5) is 11.0. The molecule has 2 N–H and O–H groups in total. The van der Waals surface area contributed by atoms with Crippen LogP contribution >= 0.6 is 11.8 Å². The fourth-order valence-electron chi connectivity index (χ4n) is 1.43. The smallest absolute Gasteiger partial charge is 0.337 e. The van der Waals surface area contributed by atoms with Gasteiger partial charge in [-0.1, -0.05) is 11.6 Å². The molecule has 0 saturated carbocycles. The van der Waals surface area contributed by atoms with E-state index in [9.17, 15) is 4.79 Å². The molecule has 1 aromatic rings. The number of hydrogen-bond donors (Lipinski definition) is 2. The lowest BCUT2D eigenvalue weighted by Crippen LogP contribution is -2.08. The summed E-state index contributed by atoms with van der Waals surface area (Å²) in [6, 6.07) is 5.44. The van der Waals surface area contributed by atoms with E-state index in [0.717, 1.165) is 24.3 Å². The van der Waals surface area contributed by atoms with Crippen molar-refractivity contribution in [3.05, 3.63) is 29.3 Å². The van der Waals surface area contributed by atoms with Crippen molar-refractivity contribution in [3.8, 4) is 0 Å². The first kappa shape index (κ1) is 12.9. The van der Waals surface area contributed by atoms with E-state index < -0.39 is 5.97 Å². The Hall–Kier alpha value is -1.16. The average Bonchev–Trinajstić information content (AvgIpc) is 2.26. The molecule has 0 radical (unpaired) electrons. The Bertz CT molecular complexity index is 366. The first-order valence-electron chi connectivity index (χ1n) is 5.22. The Balaban J connectivity index is 2.67. The SMILES string of the molecule is CSCCCNc1ccc(C)cc1C(=O)O. The van der Waals surface area contributed by atoms with Crippen LogP contribution in [0.1, 0.15) is 22.3 Å². The van der Waals surface area contributed by atoms with Crippen LogP contribution < -0.4 is 5.32 Å². The normalized spacial score (nSPS) is 10.1. The van der Waals surface area contributed by atoms with Gasteiger partial charge < -0.3 is 10.4 Å². The van der Waals surface area contributed by atoms with Gasteiger partial charge in [0.15, 0.2) is 0 Å². The summed E-state index contributed by atoms with van der Waals surface area (Å²) in [5.74, 6) is 0.206. The van der Waals surface area contributed by atoms with Crippen molar-refractivity contribution in [3.63, 3.8) is 0 Å². The van der Waals surface area contributed by atoms with Crippen LogP contribution in [0.4, 0.5) is 5.69 Å². The summed E-state index contributed by atoms with van der Waals surface area (Å²) in [5, 5.41) is 12.2. The topological polar surface area (TPSA) is 49.3 Å². The minimum absolute atomic E-state index is 0.351. The number of carboxylic acids is 1. The van der Waals surface area contributed by atoms with Gasteiger partial charge in [-0.3, -0.25) is 0 Å². The Labute approximate surface area is 100 Å². The van der Waals surface area contributed by atoms with E-state index in [1.165, 1.54) is 0 Å². The predicted molar refractivity (Wildman–Crippen MR) is 69.6 cm³/mol. The summed E-state index contributed by atoms with van der Waals surface area (Å²) >= 11 is 1.79. The highest BCUT2D eigenvalue weighted by atomic mass is 32.2. The van der Waals surface area contributed by atoms with Crippen LogP contribution in [0, 0.1) is 6.92 Å². The summed E-state index contributed by atoms with van der Waals surface area (Å²) in [6.07, 6.45) is 3.10. The molecule has 0 saturated heterocycles. The van der Waals surface area contributed by atoms with E-state index in [1.54, 1.807) is 17.8 Å². The zero-order chi connectivity index (χ0) is 12.0. The number of aryl methyl sites for hydroxylation is 1. The molecular weight excluding hydrogens is 222 g/mol. The lowest BCUT2D eigenvalue weighted by molar-refractivity contribution is 0.0698. The van der Waals surface area contributed by atoms with Crippen LogP contribution in [0.3, 0.4) is 0 Å². The molecule has 0 atom stereocenters. The summed E-state index contributed by atoms with van der Waals surface area (Å²) in [6.45, 7) is 2.70. The van der Waals surface area contributed by atoms with Gasteiger partial charge in [-0.2, -0.15) is 11.8 Å². The molecule has 3 nitrogen and oxygen atoms in total. The van der Waals surface area contributed by atoms with Crippen molar-refractivity contribution < 1.29 is 9.90 Å². The largest absolute Gasteiger partial charge is 0.478 e. The van der Waals surface area contributed by atoms with Crippen molar-refractivity contribution in [1.29, 1.82) is 0 Å². The van der Waals surface area contributed by atoms with Gasteiger partial charge >= 0.3 is 5.97 Å². The molecule has 0 aromatic heterocycles. The molecule has 1 aromatic carbocycles. The maximum Gasteiger partial charge on any atom is 0.337 e. The maximum atomic E-state index is 11.0. The lowest BCUT2D eigenvalue weighted by Gasteiger charge is -2.09. The highest BCUT2D eigenvalue weighted by molar-refractivity contribution is 7.98. The van der Waals surface area contributed by atoms with Crippen molar-refractivity contribution >= 4 is 23.4 Å². The van der Waals surface area contributed by atoms with Crippen molar-refractivity contribution in [1.82, 2.24) is 0 Å². The first-order chi connectivity index (χ1) is 7.65. The van der Waals surface area contributed by atoms with Crippen LogP contribution in [0.5, 0.6) is 0 Å². The molecule has 4 heteroatoms. The molecule has 0 aliphatic carbocycles. The molecule has 88 valence electrons. The minimum Gasteiger partial charge on any atom is -0.478 e. The number of benzene rings is 1. The molecule has 0 unspecified atom stereocenters. The zero-order valence-electron chi connectivity index (χ0n) is 9.62. The quantitative estimate of drug-likeness (QED) is 0.749. The molecule has 0 heterocycles. The summed E-state index contributed by atoms with van der Waals surface area (Å²) in [7, 11) is 0. The molecule has 1 rings (SSSR count). The van der Waals surface area contributed by atoms with E-state index in [1.807, 2.05) is 19.1 Å². The van der Waals surface area contributed by atoms with Gasteiger partial charge in [-0.25, -0.2) is 4.79 Å². The molecule has 0 spiro atoms. The Morgan fingerprint density at radius 3 is 2.88 bits per heavy atom. The third-order valence-electron chi connectivity index (χ3n) is 2.25. The summed E-state index contributed by atoms with van der Waals surface area (Å²) < 4.78 is 0. The predicted octanol–water partition coefficient (Wildman–Crippen LogP) is 2.86. The van der Waals surface area contributed by atoms with Crippen LogP contribution in [0.15, 0.2) is 18.2 Å². The number of aromatic carboxylic acids is 1. The monoisotopic (exact) mass is 239 g/mol. The highest BCUT2D eigenvalue weighted by Gasteiger charge is 2.09. The number of anilines is 1.